The van der Waals surface area contributed by atoms with Gasteiger partial charge >= 0.3 is 0 Å². The average molecular weight is 196 g/mol. The van der Waals surface area contributed by atoms with Gasteiger partial charge < -0.3 is 11.1 Å². The SMILES string of the molecule is CC(C)C(C)CNCC1C=CC(N)C1. The van der Waals surface area contributed by atoms with Crippen LogP contribution in [-0.4, -0.2) is 19.1 Å². The summed E-state index contributed by atoms with van der Waals surface area (Å²) in [5.41, 5.74) is 5.79. The molecular weight excluding hydrogens is 172 g/mol. The van der Waals surface area contributed by atoms with Gasteiger partial charge in [0.2, 0.25) is 0 Å². The molecule has 3 N–H and O–H groups in total. The van der Waals surface area contributed by atoms with Gasteiger partial charge in [-0.1, -0.05) is 32.9 Å². The molecule has 2 heteroatoms. The molecule has 0 saturated carbocycles. The Kier molecular flexibility index (Phi) is 4.63. The number of hydrogen-bond donors (Lipinski definition) is 2. The first-order valence-corrected chi connectivity index (χ1v) is 5.74. The Labute approximate surface area is 87.9 Å². The zero-order chi connectivity index (χ0) is 10.6. The van der Waals surface area contributed by atoms with Crippen molar-refractivity contribution in [3.8, 4) is 0 Å². The zero-order valence-electron chi connectivity index (χ0n) is 9.66. The molecule has 2 nitrogen and oxygen atoms in total. The maximum atomic E-state index is 5.79. The van der Waals surface area contributed by atoms with Crippen molar-refractivity contribution >= 4 is 0 Å². The lowest BCUT2D eigenvalue weighted by Crippen LogP contribution is -2.29. The summed E-state index contributed by atoms with van der Waals surface area (Å²) in [5, 5.41) is 3.52. The molecule has 1 aliphatic carbocycles. The van der Waals surface area contributed by atoms with Crippen molar-refractivity contribution in [3.63, 3.8) is 0 Å². The molecule has 0 aromatic heterocycles. The summed E-state index contributed by atoms with van der Waals surface area (Å²) in [5.74, 6) is 2.18. The monoisotopic (exact) mass is 196 g/mol. The molecule has 3 unspecified atom stereocenters. The van der Waals surface area contributed by atoms with Crippen LogP contribution in [0.2, 0.25) is 0 Å². The molecule has 0 bridgehead atoms. The summed E-state index contributed by atoms with van der Waals surface area (Å²) in [6.45, 7) is 9.06. The van der Waals surface area contributed by atoms with Crippen LogP contribution in [0.1, 0.15) is 27.2 Å². The third-order valence-corrected chi connectivity index (χ3v) is 3.22. The van der Waals surface area contributed by atoms with Crippen LogP contribution in [0, 0.1) is 17.8 Å². The Morgan fingerprint density at radius 1 is 1.36 bits per heavy atom. The molecule has 1 aliphatic rings. The Bertz CT molecular complexity index is 187. The van der Waals surface area contributed by atoms with E-state index in [1.807, 2.05) is 0 Å². The summed E-state index contributed by atoms with van der Waals surface area (Å²) in [6, 6.07) is 0.296. The normalized spacial score (nSPS) is 28.6. The summed E-state index contributed by atoms with van der Waals surface area (Å²) in [4.78, 5) is 0. The predicted octanol–water partition coefficient (Wildman–Crippen LogP) is 1.77. The molecule has 0 saturated heterocycles. The van der Waals surface area contributed by atoms with Gasteiger partial charge in [-0.3, -0.25) is 0 Å². The van der Waals surface area contributed by atoms with E-state index in [4.69, 9.17) is 5.73 Å². The van der Waals surface area contributed by atoms with Crippen LogP contribution >= 0.6 is 0 Å². The summed E-state index contributed by atoms with van der Waals surface area (Å²) >= 11 is 0. The highest BCUT2D eigenvalue weighted by Crippen LogP contribution is 2.15. The third kappa shape index (κ3) is 3.81. The highest BCUT2D eigenvalue weighted by molar-refractivity contribution is 5.05. The molecule has 0 fully saturated rings. The Morgan fingerprint density at radius 3 is 2.57 bits per heavy atom. The molecule has 0 amide bonds. The van der Waals surface area contributed by atoms with Gasteiger partial charge in [0.15, 0.2) is 0 Å². The minimum absolute atomic E-state index is 0.296. The quantitative estimate of drug-likeness (QED) is 0.658. The second-order valence-corrected chi connectivity index (χ2v) is 4.92. The standard InChI is InChI=1S/C12H24N2/c1-9(2)10(3)7-14-8-11-4-5-12(13)6-11/h4-5,9-12,14H,6-8,13H2,1-3H3. The Hall–Kier alpha value is -0.340. The second-order valence-electron chi connectivity index (χ2n) is 4.92. The molecular formula is C12H24N2. The highest BCUT2D eigenvalue weighted by Gasteiger charge is 2.15. The molecule has 0 heterocycles. The van der Waals surface area contributed by atoms with Crippen LogP contribution in [-0.2, 0) is 0 Å². The van der Waals surface area contributed by atoms with Crippen molar-refractivity contribution in [1.82, 2.24) is 5.32 Å². The van der Waals surface area contributed by atoms with Crippen LogP contribution in [0.25, 0.3) is 0 Å². The van der Waals surface area contributed by atoms with E-state index in [0.717, 1.165) is 31.3 Å². The number of hydrogen-bond acceptors (Lipinski definition) is 2. The van der Waals surface area contributed by atoms with E-state index in [9.17, 15) is 0 Å². The van der Waals surface area contributed by atoms with Crippen LogP contribution in [0.5, 0.6) is 0 Å². The van der Waals surface area contributed by atoms with Gasteiger partial charge in [0.05, 0.1) is 0 Å². The maximum absolute atomic E-state index is 5.79. The van der Waals surface area contributed by atoms with Gasteiger partial charge in [0, 0.05) is 12.6 Å². The maximum Gasteiger partial charge on any atom is 0.0229 e. The predicted molar refractivity (Wildman–Crippen MR) is 62.1 cm³/mol. The third-order valence-electron chi connectivity index (χ3n) is 3.22. The molecule has 3 atom stereocenters. The first-order chi connectivity index (χ1) is 6.59. The fraction of sp³-hybridized carbons (Fsp3) is 0.833. The van der Waals surface area contributed by atoms with E-state index in [2.05, 4.69) is 38.2 Å². The van der Waals surface area contributed by atoms with E-state index in [1.54, 1.807) is 0 Å². The number of nitrogens with two attached hydrogens (primary N) is 1. The fourth-order valence-electron chi connectivity index (χ4n) is 1.69. The molecule has 82 valence electrons. The van der Waals surface area contributed by atoms with Crippen LogP contribution < -0.4 is 11.1 Å². The van der Waals surface area contributed by atoms with Crippen LogP contribution in [0.4, 0.5) is 0 Å². The van der Waals surface area contributed by atoms with Crippen molar-refractivity contribution in [3.05, 3.63) is 12.2 Å². The summed E-state index contributed by atoms with van der Waals surface area (Å²) < 4.78 is 0. The van der Waals surface area contributed by atoms with Gasteiger partial charge in [0.1, 0.15) is 0 Å². The molecule has 14 heavy (non-hydrogen) atoms. The molecule has 0 radical (unpaired) electrons. The van der Waals surface area contributed by atoms with E-state index in [0.29, 0.717) is 12.0 Å². The minimum atomic E-state index is 0.296. The minimum Gasteiger partial charge on any atom is -0.324 e. The molecule has 1 rings (SSSR count). The van der Waals surface area contributed by atoms with Crippen molar-refractivity contribution in [1.29, 1.82) is 0 Å². The lowest BCUT2D eigenvalue weighted by Gasteiger charge is -2.17. The number of nitrogens with one attached hydrogen (secondary N) is 1. The van der Waals surface area contributed by atoms with E-state index in [1.165, 1.54) is 0 Å². The van der Waals surface area contributed by atoms with Gasteiger partial charge in [-0.25, -0.2) is 0 Å². The van der Waals surface area contributed by atoms with Crippen molar-refractivity contribution in [2.45, 2.75) is 33.2 Å². The smallest absolute Gasteiger partial charge is 0.0229 e. The van der Waals surface area contributed by atoms with Gasteiger partial charge in [0.25, 0.3) is 0 Å². The summed E-state index contributed by atoms with van der Waals surface area (Å²) in [6.07, 6.45) is 5.49. The first kappa shape index (κ1) is 11.7. The molecule has 0 aromatic carbocycles. The Morgan fingerprint density at radius 2 is 2.07 bits per heavy atom. The fourth-order valence-corrected chi connectivity index (χ4v) is 1.69. The number of rotatable bonds is 5. The van der Waals surface area contributed by atoms with Crippen molar-refractivity contribution in [2.75, 3.05) is 13.1 Å². The Balaban J connectivity index is 2.07. The zero-order valence-corrected chi connectivity index (χ0v) is 9.66. The van der Waals surface area contributed by atoms with Crippen molar-refractivity contribution < 1.29 is 0 Å². The highest BCUT2D eigenvalue weighted by atomic mass is 14.9. The average Bonchev–Trinajstić information content (AvgIpc) is 2.51. The lowest BCUT2D eigenvalue weighted by molar-refractivity contribution is 0.381. The van der Waals surface area contributed by atoms with Gasteiger partial charge in [-0.05, 0) is 30.7 Å². The topological polar surface area (TPSA) is 38.0 Å². The van der Waals surface area contributed by atoms with Crippen LogP contribution in [0.3, 0.4) is 0 Å². The van der Waals surface area contributed by atoms with E-state index in [-0.39, 0.29) is 0 Å². The first-order valence-electron chi connectivity index (χ1n) is 5.74. The van der Waals surface area contributed by atoms with Gasteiger partial charge in [-0.15, -0.1) is 0 Å². The molecule has 0 aliphatic heterocycles. The van der Waals surface area contributed by atoms with E-state index >= 15 is 0 Å². The second kappa shape index (κ2) is 5.52. The van der Waals surface area contributed by atoms with Gasteiger partial charge in [-0.2, -0.15) is 0 Å². The largest absolute Gasteiger partial charge is 0.324 e. The molecule has 0 spiro atoms. The van der Waals surface area contributed by atoms with E-state index < -0.39 is 0 Å². The summed E-state index contributed by atoms with van der Waals surface area (Å²) in [7, 11) is 0. The molecule has 0 aromatic rings. The van der Waals surface area contributed by atoms with Crippen LogP contribution in [0.15, 0.2) is 12.2 Å². The lowest BCUT2D eigenvalue weighted by atomic mass is 9.98. The van der Waals surface area contributed by atoms with Crippen molar-refractivity contribution in [2.24, 2.45) is 23.5 Å².